The summed E-state index contributed by atoms with van der Waals surface area (Å²) in [6.45, 7) is 0. The molecule has 0 unspecified atom stereocenters. The predicted molar refractivity (Wildman–Crippen MR) is 80.7 cm³/mol. The molecule has 2 N–H and O–H groups in total. The number of aliphatic carboxylic acids is 1. The monoisotopic (exact) mass is 321 g/mol. The van der Waals surface area contributed by atoms with E-state index in [9.17, 15) is 14.7 Å². The van der Waals surface area contributed by atoms with Crippen molar-refractivity contribution in [3.63, 3.8) is 0 Å². The fourth-order valence-electron chi connectivity index (χ4n) is 3.44. The summed E-state index contributed by atoms with van der Waals surface area (Å²) in [5, 5.41) is 12.2. The van der Waals surface area contributed by atoms with Gasteiger partial charge in [-0.25, -0.2) is 0 Å². The third kappa shape index (κ3) is 2.72. The van der Waals surface area contributed by atoms with Crippen LogP contribution in [0.4, 0.5) is 5.69 Å². The van der Waals surface area contributed by atoms with E-state index < -0.39 is 17.8 Å². The average molecular weight is 321 g/mol. The molecule has 1 aromatic carbocycles. The van der Waals surface area contributed by atoms with Gasteiger partial charge in [0.1, 0.15) is 11.5 Å². The summed E-state index contributed by atoms with van der Waals surface area (Å²) in [5.41, 5.74) is 0.477. The molecule has 2 bridgehead atoms. The van der Waals surface area contributed by atoms with Crippen molar-refractivity contribution in [2.75, 3.05) is 19.5 Å². The van der Waals surface area contributed by atoms with Gasteiger partial charge in [-0.3, -0.25) is 9.59 Å². The fourth-order valence-corrected chi connectivity index (χ4v) is 3.44. The molecule has 2 saturated heterocycles. The van der Waals surface area contributed by atoms with Crippen LogP contribution in [0.1, 0.15) is 12.8 Å². The zero-order valence-electron chi connectivity index (χ0n) is 12.9. The van der Waals surface area contributed by atoms with Gasteiger partial charge in [0, 0.05) is 6.07 Å². The highest BCUT2D eigenvalue weighted by Gasteiger charge is 2.55. The average Bonchev–Trinajstić information content (AvgIpc) is 3.16. The van der Waals surface area contributed by atoms with Crippen molar-refractivity contribution in [2.24, 2.45) is 11.8 Å². The van der Waals surface area contributed by atoms with Gasteiger partial charge in [-0.15, -0.1) is 0 Å². The molecule has 0 aliphatic carbocycles. The first kappa shape index (κ1) is 15.6. The van der Waals surface area contributed by atoms with Crippen LogP contribution >= 0.6 is 0 Å². The van der Waals surface area contributed by atoms with E-state index in [1.807, 2.05) is 0 Å². The van der Waals surface area contributed by atoms with Crippen molar-refractivity contribution in [3.05, 3.63) is 18.2 Å². The summed E-state index contributed by atoms with van der Waals surface area (Å²) in [4.78, 5) is 24.1. The minimum absolute atomic E-state index is 0.328. The minimum Gasteiger partial charge on any atom is -0.497 e. The number of nitrogens with one attached hydrogen (secondary N) is 1. The Morgan fingerprint density at radius 1 is 1.17 bits per heavy atom. The van der Waals surface area contributed by atoms with Gasteiger partial charge in [0.05, 0.1) is 44.0 Å². The summed E-state index contributed by atoms with van der Waals surface area (Å²) in [5.74, 6) is -1.76. The number of methoxy groups -OCH3 is 2. The second-order valence-corrected chi connectivity index (χ2v) is 5.74. The van der Waals surface area contributed by atoms with E-state index in [1.54, 1.807) is 18.2 Å². The van der Waals surface area contributed by atoms with E-state index in [2.05, 4.69) is 5.32 Å². The maximum absolute atomic E-state index is 12.6. The van der Waals surface area contributed by atoms with Crippen LogP contribution in [0.15, 0.2) is 18.2 Å². The second kappa shape index (κ2) is 6.08. The maximum Gasteiger partial charge on any atom is 0.310 e. The number of ether oxygens (including phenoxy) is 3. The highest BCUT2D eigenvalue weighted by molar-refractivity contribution is 5.97. The van der Waals surface area contributed by atoms with Crippen molar-refractivity contribution in [3.8, 4) is 11.5 Å². The Hall–Kier alpha value is -2.28. The Bertz CT molecular complexity index is 631. The number of carboxylic acids is 1. The van der Waals surface area contributed by atoms with E-state index in [4.69, 9.17) is 14.2 Å². The van der Waals surface area contributed by atoms with Crippen LogP contribution in [0.3, 0.4) is 0 Å². The number of fused-ring (bicyclic) bond motifs is 2. The number of carbonyl (C=O) groups excluding carboxylic acids is 1. The minimum atomic E-state index is -0.987. The highest BCUT2D eigenvalue weighted by Crippen LogP contribution is 2.44. The second-order valence-electron chi connectivity index (χ2n) is 5.74. The molecule has 7 heteroatoms. The molecule has 1 amide bonds. The molecule has 0 aromatic heterocycles. The van der Waals surface area contributed by atoms with Crippen LogP contribution in [-0.4, -0.2) is 43.4 Å². The number of carboxylic acid groups (broad SMARTS) is 1. The van der Waals surface area contributed by atoms with Gasteiger partial charge in [-0.05, 0) is 25.0 Å². The van der Waals surface area contributed by atoms with Crippen molar-refractivity contribution >= 4 is 17.6 Å². The molecule has 0 radical (unpaired) electrons. The molecular weight excluding hydrogens is 302 g/mol. The van der Waals surface area contributed by atoms with Gasteiger partial charge < -0.3 is 24.6 Å². The van der Waals surface area contributed by atoms with E-state index >= 15 is 0 Å². The lowest BCUT2D eigenvalue weighted by Crippen LogP contribution is -2.41. The van der Waals surface area contributed by atoms with Crippen molar-refractivity contribution < 1.29 is 28.9 Å². The van der Waals surface area contributed by atoms with Gasteiger partial charge in [-0.2, -0.15) is 0 Å². The van der Waals surface area contributed by atoms with E-state index in [-0.39, 0.29) is 18.1 Å². The first-order valence-electron chi connectivity index (χ1n) is 7.46. The molecule has 7 nitrogen and oxygen atoms in total. The SMILES string of the molecule is COc1ccc(NC(=O)[C@H]2[C@@H](C(=O)O)[C@H]3CC[C@H]2O3)c(OC)c1. The molecule has 0 saturated carbocycles. The number of benzene rings is 1. The lowest BCUT2D eigenvalue weighted by molar-refractivity contribution is -0.147. The smallest absolute Gasteiger partial charge is 0.310 e. The van der Waals surface area contributed by atoms with Gasteiger partial charge in [0.2, 0.25) is 5.91 Å². The molecule has 124 valence electrons. The van der Waals surface area contributed by atoms with Crippen molar-refractivity contribution in [1.29, 1.82) is 0 Å². The Kier molecular flexibility index (Phi) is 4.12. The molecule has 2 aliphatic rings. The quantitative estimate of drug-likeness (QED) is 0.854. The van der Waals surface area contributed by atoms with Crippen LogP contribution in [0, 0.1) is 11.8 Å². The van der Waals surface area contributed by atoms with Crippen molar-refractivity contribution in [2.45, 2.75) is 25.0 Å². The first-order chi connectivity index (χ1) is 11.0. The number of amides is 1. The third-order valence-electron chi connectivity index (χ3n) is 4.53. The molecule has 2 fully saturated rings. The summed E-state index contributed by atoms with van der Waals surface area (Å²) in [7, 11) is 3.03. The zero-order valence-corrected chi connectivity index (χ0v) is 12.9. The summed E-state index contributed by atoms with van der Waals surface area (Å²) in [6.07, 6.45) is 0.708. The Balaban J connectivity index is 1.80. The molecule has 23 heavy (non-hydrogen) atoms. The van der Waals surface area contributed by atoms with Crippen LogP contribution in [0.25, 0.3) is 0 Å². The van der Waals surface area contributed by atoms with Crippen LogP contribution in [0.5, 0.6) is 11.5 Å². The summed E-state index contributed by atoms with van der Waals surface area (Å²) in [6, 6.07) is 5.02. The van der Waals surface area contributed by atoms with Gasteiger partial charge in [-0.1, -0.05) is 0 Å². The van der Waals surface area contributed by atoms with Gasteiger partial charge in [0.15, 0.2) is 0 Å². The predicted octanol–water partition coefficient (Wildman–Crippen LogP) is 1.52. The maximum atomic E-state index is 12.6. The molecule has 2 aliphatic heterocycles. The molecule has 4 atom stereocenters. The summed E-state index contributed by atoms with van der Waals surface area (Å²) < 4.78 is 16.0. The van der Waals surface area contributed by atoms with E-state index in [1.165, 1.54) is 14.2 Å². The normalized spacial score (nSPS) is 28.4. The number of hydrogen-bond acceptors (Lipinski definition) is 5. The topological polar surface area (TPSA) is 94.1 Å². The third-order valence-corrected chi connectivity index (χ3v) is 4.53. The molecule has 2 heterocycles. The number of hydrogen-bond donors (Lipinski definition) is 2. The number of rotatable bonds is 5. The van der Waals surface area contributed by atoms with Gasteiger partial charge >= 0.3 is 5.97 Å². The molecule has 0 spiro atoms. The van der Waals surface area contributed by atoms with Crippen LogP contribution < -0.4 is 14.8 Å². The zero-order chi connectivity index (χ0) is 16.6. The number of carbonyl (C=O) groups is 2. The molecule has 3 rings (SSSR count). The Labute approximate surface area is 133 Å². The fraction of sp³-hybridized carbons (Fsp3) is 0.500. The Morgan fingerprint density at radius 3 is 2.48 bits per heavy atom. The highest BCUT2D eigenvalue weighted by atomic mass is 16.5. The van der Waals surface area contributed by atoms with Crippen LogP contribution in [0.2, 0.25) is 0 Å². The first-order valence-corrected chi connectivity index (χ1v) is 7.46. The largest absolute Gasteiger partial charge is 0.497 e. The van der Waals surface area contributed by atoms with Crippen molar-refractivity contribution in [1.82, 2.24) is 0 Å². The van der Waals surface area contributed by atoms with Crippen LogP contribution in [-0.2, 0) is 14.3 Å². The molecular formula is C16H19NO6. The van der Waals surface area contributed by atoms with E-state index in [0.717, 1.165) is 0 Å². The standard InChI is InChI=1S/C16H19NO6/c1-21-8-3-4-9(12(7-8)22-2)17-15(18)13-10-5-6-11(23-10)14(13)16(19)20/h3-4,7,10-11,13-14H,5-6H2,1-2H3,(H,17,18)(H,19,20)/t10-,11-,13-,14+/m1/s1. The lowest BCUT2D eigenvalue weighted by Gasteiger charge is -2.24. The van der Waals surface area contributed by atoms with E-state index in [0.29, 0.717) is 30.0 Å². The summed E-state index contributed by atoms with van der Waals surface area (Å²) >= 11 is 0. The van der Waals surface area contributed by atoms with Gasteiger partial charge in [0.25, 0.3) is 0 Å². The lowest BCUT2D eigenvalue weighted by atomic mass is 9.78. The number of anilines is 1. The Morgan fingerprint density at radius 2 is 1.87 bits per heavy atom. The molecule has 1 aromatic rings.